The van der Waals surface area contributed by atoms with Crippen molar-refractivity contribution in [1.29, 1.82) is 0 Å². The van der Waals surface area contributed by atoms with Crippen molar-refractivity contribution in [2.45, 2.75) is 23.9 Å². The summed E-state index contributed by atoms with van der Waals surface area (Å²) in [4.78, 5) is 4.13. The zero-order valence-electron chi connectivity index (χ0n) is 9.11. The van der Waals surface area contributed by atoms with E-state index >= 15 is 0 Å². The Labute approximate surface area is 98.3 Å². The zero-order chi connectivity index (χ0) is 11.9. The molecule has 4 atom stereocenters. The Bertz CT molecular complexity index is 406. The lowest BCUT2D eigenvalue weighted by molar-refractivity contribution is -0.0281. The maximum Gasteiger partial charge on any atom is 0.174 e. The molecule has 0 spiro atoms. The average Bonchev–Trinajstić information content (AvgIpc) is 2.72. The Kier molecular flexibility index (Phi) is 2.52. The van der Waals surface area contributed by atoms with Gasteiger partial charge >= 0.3 is 0 Å². The van der Waals surface area contributed by atoms with Crippen LogP contribution in [-0.2, 0) is 9.47 Å². The van der Waals surface area contributed by atoms with Crippen LogP contribution in [0.3, 0.4) is 0 Å². The van der Waals surface area contributed by atoms with Gasteiger partial charge in [-0.1, -0.05) is 0 Å². The Balaban J connectivity index is 1.89. The molecular weight excluding hydrogens is 224 g/mol. The molecule has 3 rings (SSSR count). The van der Waals surface area contributed by atoms with E-state index in [4.69, 9.17) is 9.47 Å². The Morgan fingerprint density at radius 3 is 3.18 bits per heavy atom. The molecular formula is C11H14N2O4. The van der Waals surface area contributed by atoms with Gasteiger partial charge in [-0.25, -0.2) is 4.99 Å². The Hall–Kier alpha value is -1.21. The van der Waals surface area contributed by atoms with Crippen molar-refractivity contribution in [2.75, 3.05) is 13.2 Å². The van der Waals surface area contributed by atoms with Gasteiger partial charge in [-0.05, 0) is 12.2 Å². The third kappa shape index (κ3) is 1.61. The van der Waals surface area contributed by atoms with E-state index in [1.807, 2.05) is 0 Å². The number of fused-ring (bicyclic) bond motifs is 1. The number of aliphatic hydroxyl groups excluding tert-OH is 1. The molecule has 0 aliphatic carbocycles. The van der Waals surface area contributed by atoms with E-state index in [-0.39, 0.29) is 13.2 Å². The summed E-state index contributed by atoms with van der Waals surface area (Å²) in [5.41, 5.74) is -1.33. The van der Waals surface area contributed by atoms with Crippen molar-refractivity contribution in [3.63, 3.8) is 0 Å². The topological polar surface area (TPSA) is 83.3 Å². The summed E-state index contributed by atoms with van der Waals surface area (Å²) in [7, 11) is 0. The molecule has 6 heteroatoms. The van der Waals surface area contributed by atoms with Crippen molar-refractivity contribution < 1.29 is 19.7 Å². The standard InChI is InChI=1S/C11H14N2O4/c14-7-5-16-9-8(7)17-6-11(9,15)10-12-3-1-2-4-13-10/h1-4,7-9,14-15H,5-6H2,(H,12,13)/t7-,8-,9+,11-/m1/s1. The summed E-state index contributed by atoms with van der Waals surface area (Å²) in [6, 6.07) is 0. The van der Waals surface area contributed by atoms with Crippen LogP contribution in [0.2, 0.25) is 0 Å². The quantitative estimate of drug-likeness (QED) is 0.540. The van der Waals surface area contributed by atoms with Crippen LogP contribution in [0.25, 0.3) is 0 Å². The van der Waals surface area contributed by atoms with Crippen LogP contribution < -0.4 is 5.32 Å². The molecule has 0 radical (unpaired) electrons. The number of rotatable bonds is 1. The molecule has 0 unspecified atom stereocenters. The second-order valence-electron chi connectivity index (χ2n) is 4.34. The fourth-order valence-electron chi connectivity index (χ4n) is 2.33. The summed E-state index contributed by atoms with van der Waals surface area (Å²) in [5.74, 6) is 0.379. The SMILES string of the molecule is O[C@@H]1CO[C@H]2[C@@H]1OC[C@]2(O)C1=NC=CC=CN1. The van der Waals surface area contributed by atoms with Gasteiger partial charge in [-0.2, -0.15) is 0 Å². The molecule has 6 nitrogen and oxygen atoms in total. The summed E-state index contributed by atoms with van der Waals surface area (Å²) >= 11 is 0. The maximum atomic E-state index is 10.6. The minimum atomic E-state index is -1.33. The van der Waals surface area contributed by atoms with Gasteiger partial charge in [0.05, 0.1) is 13.2 Å². The molecule has 0 amide bonds. The van der Waals surface area contributed by atoms with E-state index in [2.05, 4.69) is 10.3 Å². The fraction of sp³-hybridized carbons (Fsp3) is 0.545. The first kappa shape index (κ1) is 10.9. The minimum absolute atomic E-state index is 0.0624. The summed E-state index contributed by atoms with van der Waals surface area (Å²) < 4.78 is 10.8. The third-order valence-corrected chi connectivity index (χ3v) is 3.22. The monoisotopic (exact) mass is 238 g/mol. The van der Waals surface area contributed by atoms with E-state index in [0.29, 0.717) is 5.84 Å². The number of aliphatic hydroxyl groups is 2. The molecule has 0 aromatic rings. The van der Waals surface area contributed by atoms with Crippen LogP contribution >= 0.6 is 0 Å². The summed E-state index contributed by atoms with van der Waals surface area (Å²) in [6.07, 6.45) is 5.04. The highest BCUT2D eigenvalue weighted by Gasteiger charge is 2.58. The predicted molar refractivity (Wildman–Crippen MR) is 59.3 cm³/mol. The molecule has 2 saturated heterocycles. The van der Waals surface area contributed by atoms with Crippen molar-refractivity contribution in [3.8, 4) is 0 Å². The van der Waals surface area contributed by atoms with Crippen LogP contribution in [0.15, 0.2) is 29.5 Å². The average molecular weight is 238 g/mol. The van der Waals surface area contributed by atoms with Crippen molar-refractivity contribution in [1.82, 2.24) is 5.32 Å². The van der Waals surface area contributed by atoms with Crippen molar-refractivity contribution in [2.24, 2.45) is 4.99 Å². The number of ether oxygens (including phenoxy) is 2. The van der Waals surface area contributed by atoms with E-state index in [1.54, 1.807) is 24.6 Å². The van der Waals surface area contributed by atoms with Gasteiger partial charge in [0.15, 0.2) is 5.60 Å². The van der Waals surface area contributed by atoms with Crippen molar-refractivity contribution >= 4 is 5.84 Å². The van der Waals surface area contributed by atoms with Gasteiger partial charge < -0.3 is 25.0 Å². The highest BCUT2D eigenvalue weighted by atomic mass is 16.6. The Morgan fingerprint density at radius 1 is 1.41 bits per heavy atom. The van der Waals surface area contributed by atoms with Gasteiger partial charge in [0.2, 0.25) is 0 Å². The van der Waals surface area contributed by atoms with E-state index < -0.39 is 23.9 Å². The minimum Gasteiger partial charge on any atom is -0.388 e. The molecule has 3 aliphatic rings. The second kappa shape index (κ2) is 3.92. The van der Waals surface area contributed by atoms with Crippen LogP contribution in [0.5, 0.6) is 0 Å². The first-order valence-electron chi connectivity index (χ1n) is 5.52. The highest BCUT2D eigenvalue weighted by molar-refractivity contribution is 5.93. The van der Waals surface area contributed by atoms with Gasteiger partial charge in [0.25, 0.3) is 0 Å². The predicted octanol–water partition coefficient (Wildman–Crippen LogP) is -1.09. The molecule has 3 heterocycles. The molecule has 0 aromatic heterocycles. The number of nitrogens with zero attached hydrogens (tertiary/aromatic N) is 1. The van der Waals surface area contributed by atoms with Crippen LogP contribution in [0, 0.1) is 0 Å². The fourth-order valence-corrected chi connectivity index (χ4v) is 2.33. The lowest BCUT2D eigenvalue weighted by Gasteiger charge is -2.27. The van der Waals surface area contributed by atoms with E-state index in [0.717, 1.165) is 0 Å². The molecule has 17 heavy (non-hydrogen) atoms. The smallest absolute Gasteiger partial charge is 0.174 e. The lowest BCUT2D eigenvalue weighted by atomic mass is 9.94. The summed E-state index contributed by atoms with van der Waals surface area (Å²) in [6.45, 7) is 0.240. The first-order chi connectivity index (χ1) is 8.22. The lowest BCUT2D eigenvalue weighted by Crippen LogP contribution is -2.54. The molecule has 0 bridgehead atoms. The van der Waals surface area contributed by atoms with Crippen molar-refractivity contribution in [3.05, 3.63) is 24.6 Å². The maximum absolute atomic E-state index is 10.6. The van der Waals surface area contributed by atoms with Crippen LogP contribution in [0.1, 0.15) is 0 Å². The number of amidine groups is 1. The van der Waals surface area contributed by atoms with Crippen LogP contribution in [-0.4, -0.2) is 53.2 Å². The third-order valence-electron chi connectivity index (χ3n) is 3.22. The van der Waals surface area contributed by atoms with E-state index in [9.17, 15) is 10.2 Å². The van der Waals surface area contributed by atoms with Gasteiger partial charge in [0.1, 0.15) is 24.1 Å². The normalized spacial score (nSPS) is 44.1. The first-order valence-corrected chi connectivity index (χ1v) is 5.52. The molecule has 92 valence electrons. The molecule has 2 fully saturated rings. The zero-order valence-corrected chi connectivity index (χ0v) is 9.11. The number of allylic oxidation sites excluding steroid dienone is 2. The second-order valence-corrected chi connectivity index (χ2v) is 4.34. The van der Waals surface area contributed by atoms with Gasteiger partial charge in [0, 0.05) is 12.4 Å². The largest absolute Gasteiger partial charge is 0.388 e. The van der Waals surface area contributed by atoms with Gasteiger partial charge in [-0.15, -0.1) is 0 Å². The molecule has 0 aromatic carbocycles. The molecule has 3 N–H and O–H groups in total. The Morgan fingerprint density at radius 2 is 2.29 bits per heavy atom. The van der Waals surface area contributed by atoms with E-state index in [1.165, 1.54) is 0 Å². The molecule has 3 aliphatic heterocycles. The summed E-state index contributed by atoms with van der Waals surface area (Å²) in [5, 5.41) is 23.1. The number of hydrogen-bond acceptors (Lipinski definition) is 6. The highest BCUT2D eigenvalue weighted by Crippen LogP contribution is 2.35. The number of nitrogens with one attached hydrogen (secondary N) is 1. The van der Waals surface area contributed by atoms with Gasteiger partial charge in [-0.3, -0.25) is 0 Å². The van der Waals surface area contributed by atoms with Crippen LogP contribution in [0.4, 0.5) is 0 Å². The number of hydrogen-bond donors (Lipinski definition) is 3. The number of aliphatic imine (C=N–C) groups is 1. The molecule has 0 saturated carbocycles.